The van der Waals surface area contributed by atoms with Crippen LogP contribution in [0.1, 0.15) is 12.1 Å². The number of halogens is 2. The zero-order chi connectivity index (χ0) is 21.3. The molecule has 0 fully saturated rings. The molecule has 0 spiro atoms. The number of nitrogens with one attached hydrogen (secondary N) is 1. The molecule has 1 unspecified atom stereocenters. The molecule has 3 N–H and O–H groups in total. The van der Waals surface area contributed by atoms with Gasteiger partial charge in [-0.2, -0.15) is 0 Å². The second kappa shape index (κ2) is 8.51. The van der Waals surface area contributed by atoms with Crippen LogP contribution >= 0.6 is 0 Å². The fourth-order valence-electron chi connectivity index (χ4n) is 3.82. The molecule has 0 bridgehead atoms. The van der Waals surface area contributed by atoms with Crippen molar-refractivity contribution in [2.45, 2.75) is 12.5 Å². The molecule has 3 aromatic rings. The Labute approximate surface area is 172 Å². The number of aromatic amines is 1. The van der Waals surface area contributed by atoms with Crippen LogP contribution in [0.15, 0.2) is 36.5 Å². The lowest BCUT2D eigenvalue weighted by Crippen LogP contribution is -2.37. The van der Waals surface area contributed by atoms with Crippen LogP contribution in [0.4, 0.5) is 8.78 Å². The molecule has 0 aliphatic carbocycles. The van der Waals surface area contributed by atoms with Crippen LogP contribution in [0.5, 0.6) is 5.75 Å². The van der Waals surface area contributed by atoms with Crippen molar-refractivity contribution in [2.24, 2.45) is 0 Å². The zero-order valence-electron chi connectivity index (χ0n) is 16.5. The van der Waals surface area contributed by atoms with Crippen LogP contribution in [-0.2, 0) is 0 Å². The van der Waals surface area contributed by atoms with Gasteiger partial charge in [-0.05, 0) is 35.8 Å². The number of aliphatic hydroxyl groups is 2. The molecule has 6 nitrogen and oxygen atoms in total. The Balaban J connectivity index is 1.68. The van der Waals surface area contributed by atoms with Gasteiger partial charge in [-0.25, -0.2) is 13.8 Å². The molecule has 158 valence electrons. The SMILES string of the molecule is COc1cc(F)c(F)cc1-c1ccnc2[nH]c(C3=CCN(CC(O)CO)CC3)cc12. The molecule has 1 aliphatic rings. The van der Waals surface area contributed by atoms with Gasteiger partial charge in [-0.1, -0.05) is 6.08 Å². The molecule has 0 radical (unpaired) electrons. The van der Waals surface area contributed by atoms with Gasteiger partial charge >= 0.3 is 0 Å². The first-order valence-electron chi connectivity index (χ1n) is 9.72. The Hall–Kier alpha value is -2.81. The number of methoxy groups -OCH3 is 1. The normalized spacial score (nSPS) is 16.0. The number of nitrogens with zero attached hydrogens (tertiary/aromatic N) is 2. The van der Waals surface area contributed by atoms with E-state index in [9.17, 15) is 13.9 Å². The van der Waals surface area contributed by atoms with Gasteiger partial charge < -0.3 is 19.9 Å². The van der Waals surface area contributed by atoms with Crippen LogP contribution in [0.2, 0.25) is 0 Å². The Morgan fingerprint density at radius 2 is 2.03 bits per heavy atom. The summed E-state index contributed by atoms with van der Waals surface area (Å²) in [5.41, 5.74) is 3.83. The highest BCUT2D eigenvalue weighted by Gasteiger charge is 2.19. The average molecular weight is 415 g/mol. The second-order valence-electron chi connectivity index (χ2n) is 7.35. The standard InChI is InChI=1S/C22H23F2N3O3/c1-30-21-10-19(24)18(23)8-16(21)15-2-5-25-22-17(15)9-20(26-22)13-3-6-27(7-4-13)11-14(29)12-28/h2-3,5,8-10,14,28-29H,4,6-7,11-12H2,1H3,(H,25,26). The van der Waals surface area contributed by atoms with Crippen molar-refractivity contribution < 1.29 is 23.7 Å². The summed E-state index contributed by atoms with van der Waals surface area (Å²) in [5, 5.41) is 19.4. The van der Waals surface area contributed by atoms with Crippen molar-refractivity contribution in [3.05, 3.63) is 53.9 Å². The van der Waals surface area contributed by atoms with E-state index < -0.39 is 17.7 Å². The van der Waals surface area contributed by atoms with Gasteiger partial charge in [0, 0.05) is 48.5 Å². The molecular weight excluding hydrogens is 392 g/mol. The maximum absolute atomic E-state index is 13.9. The zero-order valence-corrected chi connectivity index (χ0v) is 16.5. The van der Waals surface area contributed by atoms with Crippen molar-refractivity contribution >= 4 is 16.6 Å². The number of β-amino-alcohol motifs (C(OH)–C–C–N with tert-alkyl or cyclic N) is 1. The number of pyridine rings is 1. The van der Waals surface area contributed by atoms with Crippen LogP contribution < -0.4 is 4.74 Å². The van der Waals surface area contributed by atoms with Gasteiger partial charge in [-0.3, -0.25) is 4.90 Å². The summed E-state index contributed by atoms with van der Waals surface area (Å²) in [6, 6.07) is 5.90. The molecule has 4 rings (SSSR count). The van der Waals surface area contributed by atoms with Gasteiger partial charge in [0.15, 0.2) is 11.6 Å². The minimum absolute atomic E-state index is 0.249. The van der Waals surface area contributed by atoms with E-state index in [1.165, 1.54) is 7.11 Å². The first-order valence-corrected chi connectivity index (χ1v) is 9.72. The molecule has 2 aromatic heterocycles. The predicted octanol–water partition coefficient (Wildman–Crippen LogP) is 2.96. The number of rotatable bonds is 6. The van der Waals surface area contributed by atoms with Gasteiger partial charge in [0.2, 0.25) is 0 Å². The number of benzene rings is 1. The summed E-state index contributed by atoms with van der Waals surface area (Å²) in [5.74, 6) is -1.65. The number of hydrogen-bond donors (Lipinski definition) is 3. The summed E-state index contributed by atoms with van der Waals surface area (Å²) in [4.78, 5) is 9.76. The quantitative estimate of drug-likeness (QED) is 0.577. The third kappa shape index (κ3) is 3.94. The van der Waals surface area contributed by atoms with Crippen molar-refractivity contribution in [1.29, 1.82) is 0 Å². The van der Waals surface area contributed by atoms with E-state index in [1.807, 2.05) is 6.07 Å². The average Bonchev–Trinajstić information content (AvgIpc) is 3.20. The summed E-state index contributed by atoms with van der Waals surface area (Å²) < 4.78 is 32.8. The van der Waals surface area contributed by atoms with Crippen LogP contribution in [0, 0.1) is 11.6 Å². The Kier molecular flexibility index (Phi) is 5.80. The fourth-order valence-corrected chi connectivity index (χ4v) is 3.82. The minimum Gasteiger partial charge on any atom is -0.496 e. The summed E-state index contributed by atoms with van der Waals surface area (Å²) in [6.45, 7) is 1.60. The van der Waals surface area contributed by atoms with Gasteiger partial charge in [0.05, 0.1) is 19.8 Å². The van der Waals surface area contributed by atoms with Crippen molar-refractivity contribution in [2.75, 3.05) is 33.4 Å². The molecule has 8 heteroatoms. The highest BCUT2D eigenvalue weighted by Crippen LogP contribution is 2.37. The molecular formula is C22H23F2N3O3. The maximum Gasteiger partial charge on any atom is 0.162 e. The predicted molar refractivity (Wildman–Crippen MR) is 110 cm³/mol. The van der Waals surface area contributed by atoms with E-state index in [0.29, 0.717) is 29.9 Å². The fraction of sp³-hybridized carbons (Fsp3) is 0.318. The third-order valence-electron chi connectivity index (χ3n) is 5.38. The lowest BCUT2D eigenvalue weighted by molar-refractivity contribution is 0.0623. The van der Waals surface area contributed by atoms with Crippen LogP contribution in [0.3, 0.4) is 0 Å². The van der Waals surface area contributed by atoms with E-state index in [0.717, 1.165) is 41.8 Å². The smallest absolute Gasteiger partial charge is 0.162 e. The monoisotopic (exact) mass is 415 g/mol. The van der Waals surface area contributed by atoms with Crippen LogP contribution in [0.25, 0.3) is 27.7 Å². The van der Waals surface area contributed by atoms with Crippen molar-refractivity contribution in [3.63, 3.8) is 0 Å². The number of aromatic nitrogens is 2. The lowest BCUT2D eigenvalue weighted by atomic mass is 10.0. The van der Waals surface area contributed by atoms with Gasteiger partial charge in [0.25, 0.3) is 0 Å². The molecule has 1 atom stereocenters. The summed E-state index contributed by atoms with van der Waals surface area (Å²) in [6.07, 6.45) is 3.72. The van der Waals surface area contributed by atoms with E-state index in [2.05, 4.69) is 20.9 Å². The Morgan fingerprint density at radius 3 is 2.73 bits per heavy atom. The molecule has 1 aliphatic heterocycles. The van der Waals surface area contributed by atoms with Crippen LogP contribution in [-0.4, -0.2) is 64.5 Å². The molecule has 0 amide bonds. The molecule has 0 saturated carbocycles. The van der Waals surface area contributed by atoms with Crippen molar-refractivity contribution in [3.8, 4) is 16.9 Å². The highest BCUT2D eigenvalue weighted by atomic mass is 19.2. The van der Waals surface area contributed by atoms with E-state index in [4.69, 9.17) is 9.84 Å². The number of hydrogen-bond acceptors (Lipinski definition) is 5. The first kappa shape index (κ1) is 20.5. The second-order valence-corrected chi connectivity index (χ2v) is 7.35. The van der Waals surface area contributed by atoms with E-state index in [1.54, 1.807) is 12.3 Å². The lowest BCUT2D eigenvalue weighted by Gasteiger charge is -2.27. The van der Waals surface area contributed by atoms with E-state index in [-0.39, 0.29) is 12.4 Å². The Bertz CT molecular complexity index is 1100. The maximum atomic E-state index is 13.9. The largest absolute Gasteiger partial charge is 0.496 e. The molecule has 3 heterocycles. The number of ether oxygens (including phenoxy) is 1. The first-order chi connectivity index (χ1) is 14.5. The number of aliphatic hydroxyl groups excluding tert-OH is 2. The van der Waals surface area contributed by atoms with E-state index >= 15 is 0 Å². The third-order valence-corrected chi connectivity index (χ3v) is 5.38. The molecule has 1 aromatic carbocycles. The highest BCUT2D eigenvalue weighted by molar-refractivity contribution is 5.96. The minimum atomic E-state index is -0.959. The molecule has 0 saturated heterocycles. The summed E-state index contributed by atoms with van der Waals surface area (Å²) >= 11 is 0. The topological polar surface area (TPSA) is 81.6 Å². The summed E-state index contributed by atoms with van der Waals surface area (Å²) in [7, 11) is 1.42. The Morgan fingerprint density at radius 1 is 1.23 bits per heavy atom. The number of fused-ring (bicyclic) bond motifs is 1. The number of H-pyrrole nitrogens is 1. The molecule has 30 heavy (non-hydrogen) atoms. The van der Waals surface area contributed by atoms with Crippen molar-refractivity contribution in [1.82, 2.24) is 14.9 Å². The van der Waals surface area contributed by atoms with Gasteiger partial charge in [-0.15, -0.1) is 0 Å². The van der Waals surface area contributed by atoms with Gasteiger partial charge in [0.1, 0.15) is 11.4 Å².